The number of hydrogen-bond acceptors (Lipinski definition) is 7. The van der Waals surface area contributed by atoms with Gasteiger partial charge in [-0.3, -0.25) is 9.59 Å². The highest BCUT2D eigenvalue weighted by Gasteiger charge is 2.16. The van der Waals surface area contributed by atoms with E-state index in [1.54, 1.807) is 6.92 Å². The molecule has 1 N–H and O–H groups in total. The van der Waals surface area contributed by atoms with Crippen molar-refractivity contribution >= 4 is 34.0 Å². The second-order valence-corrected chi connectivity index (χ2v) is 7.52. The minimum atomic E-state index is -0.264. The Morgan fingerprint density at radius 1 is 1.36 bits per heavy atom. The van der Waals surface area contributed by atoms with E-state index in [1.807, 2.05) is 0 Å². The van der Waals surface area contributed by atoms with Crippen molar-refractivity contribution in [2.45, 2.75) is 49.4 Å². The highest BCUT2D eigenvalue weighted by atomic mass is 32.2. The van der Waals surface area contributed by atoms with Crippen LogP contribution < -0.4 is 10.9 Å². The first-order chi connectivity index (χ1) is 10.6. The lowest BCUT2D eigenvalue weighted by molar-refractivity contribution is -0.119. The molecule has 9 heteroatoms. The van der Waals surface area contributed by atoms with E-state index in [0.717, 1.165) is 12.8 Å². The molecule has 0 atom stereocenters. The summed E-state index contributed by atoms with van der Waals surface area (Å²) in [6.45, 7) is 1.60. The number of rotatable bonds is 4. The topological polar surface area (TPSA) is 89.2 Å². The summed E-state index contributed by atoms with van der Waals surface area (Å²) in [4.78, 5) is 24.3. The van der Waals surface area contributed by atoms with Crippen molar-refractivity contribution in [3.63, 3.8) is 0 Å². The first kappa shape index (κ1) is 15.4. The standard InChI is InChI=1S/C13H17N5O2S2/c1-8-11(20)18-12(16-15-8)22-13(17-18)21-7-10(19)14-9-5-3-2-4-6-9/h9H,2-7H2,1H3,(H,14,19). The third-order valence-corrected chi connectivity index (χ3v) is 5.66. The lowest BCUT2D eigenvalue weighted by atomic mass is 9.95. The van der Waals surface area contributed by atoms with Gasteiger partial charge in [-0.2, -0.15) is 4.52 Å². The number of carbonyl (C=O) groups is 1. The highest BCUT2D eigenvalue weighted by Crippen LogP contribution is 2.23. The molecule has 0 unspecified atom stereocenters. The van der Waals surface area contributed by atoms with Gasteiger partial charge in [-0.05, 0) is 19.8 Å². The first-order valence-electron chi connectivity index (χ1n) is 7.29. The smallest absolute Gasteiger partial charge is 0.296 e. The number of fused-ring (bicyclic) bond motifs is 1. The molecule has 0 spiro atoms. The van der Waals surface area contributed by atoms with Gasteiger partial charge in [0.2, 0.25) is 10.9 Å². The molecule has 1 fully saturated rings. The van der Waals surface area contributed by atoms with Crippen LogP contribution in [-0.4, -0.2) is 37.5 Å². The quantitative estimate of drug-likeness (QED) is 0.847. The van der Waals surface area contributed by atoms with Crippen molar-refractivity contribution in [1.29, 1.82) is 0 Å². The van der Waals surface area contributed by atoms with E-state index >= 15 is 0 Å². The Balaban J connectivity index is 1.60. The molecule has 1 aliphatic carbocycles. The molecule has 2 aromatic heterocycles. The summed E-state index contributed by atoms with van der Waals surface area (Å²) in [5, 5.41) is 15.0. The van der Waals surface area contributed by atoms with Crippen LogP contribution in [0.25, 0.3) is 4.96 Å². The molecule has 2 aromatic rings. The van der Waals surface area contributed by atoms with Crippen molar-refractivity contribution in [2.75, 3.05) is 5.75 Å². The zero-order valence-electron chi connectivity index (χ0n) is 12.2. The Labute approximate surface area is 135 Å². The number of nitrogens with one attached hydrogen (secondary N) is 1. The molecule has 22 heavy (non-hydrogen) atoms. The third-order valence-electron chi connectivity index (χ3n) is 3.63. The van der Waals surface area contributed by atoms with Gasteiger partial charge in [0.05, 0.1) is 5.75 Å². The van der Waals surface area contributed by atoms with E-state index in [2.05, 4.69) is 20.6 Å². The summed E-state index contributed by atoms with van der Waals surface area (Å²) in [5.41, 5.74) is 0.0501. The van der Waals surface area contributed by atoms with Gasteiger partial charge in [-0.25, -0.2) is 0 Å². The van der Waals surface area contributed by atoms with Gasteiger partial charge in [-0.15, -0.1) is 15.3 Å². The van der Waals surface area contributed by atoms with E-state index in [9.17, 15) is 9.59 Å². The average molecular weight is 339 g/mol. The Morgan fingerprint density at radius 3 is 2.91 bits per heavy atom. The molecule has 2 heterocycles. The molecule has 3 rings (SSSR count). The van der Waals surface area contributed by atoms with Crippen LogP contribution in [0.1, 0.15) is 37.8 Å². The van der Waals surface area contributed by atoms with E-state index in [0.29, 0.717) is 26.8 Å². The molecule has 118 valence electrons. The predicted octanol–water partition coefficient (Wildman–Crippen LogP) is 1.40. The van der Waals surface area contributed by atoms with Crippen LogP contribution in [0.3, 0.4) is 0 Å². The number of carbonyl (C=O) groups excluding carboxylic acids is 1. The van der Waals surface area contributed by atoms with Crippen molar-refractivity contribution in [3.05, 3.63) is 16.0 Å². The lowest BCUT2D eigenvalue weighted by Gasteiger charge is -2.22. The third kappa shape index (κ3) is 3.46. The van der Waals surface area contributed by atoms with Crippen molar-refractivity contribution in [2.24, 2.45) is 0 Å². The van der Waals surface area contributed by atoms with Crippen LogP contribution in [0.4, 0.5) is 0 Å². The summed E-state index contributed by atoms with van der Waals surface area (Å²) in [7, 11) is 0. The van der Waals surface area contributed by atoms with E-state index in [1.165, 1.54) is 46.9 Å². The maximum absolute atomic E-state index is 12.0. The fourth-order valence-electron chi connectivity index (χ4n) is 2.48. The summed E-state index contributed by atoms with van der Waals surface area (Å²) >= 11 is 2.59. The van der Waals surface area contributed by atoms with Crippen LogP contribution >= 0.6 is 23.1 Å². The summed E-state index contributed by atoms with van der Waals surface area (Å²) in [6, 6.07) is 0.313. The minimum absolute atomic E-state index is 0.0192. The second-order valence-electron chi connectivity index (χ2n) is 5.34. The van der Waals surface area contributed by atoms with E-state index < -0.39 is 0 Å². The van der Waals surface area contributed by atoms with Gasteiger partial charge in [0, 0.05) is 6.04 Å². The summed E-state index contributed by atoms with van der Waals surface area (Å²) < 4.78 is 1.89. The molecular formula is C13H17N5O2S2. The zero-order valence-corrected chi connectivity index (χ0v) is 13.9. The number of hydrogen-bond donors (Lipinski definition) is 1. The number of aromatic nitrogens is 4. The molecular weight excluding hydrogens is 322 g/mol. The van der Waals surface area contributed by atoms with Gasteiger partial charge in [0.15, 0.2) is 4.34 Å². The average Bonchev–Trinajstić information content (AvgIpc) is 2.94. The second kappa shape index (κ2) is 6.74. The van der Waals surface area contributed by atoms with E-state index in [-0.39, 0.29) is 11.5 Å². The fraction of sp³-hybridized carbons (Fsp3) is 0.615. The fourth-order valence-corrected chi connectivity index (χ4v) is 4.16. The van der Waals surface area contributed by atoms with Crippen LogP contribution in [0, 0.1) is 6.92 Å². The molecule has 1 saturated carbocycles. The normalized spacial score (nSPS) is 16.0. The largest absolute Gasteiger partial charge is 0.353 e. The van der Waals surface area contributed by atoms with Crippen molar-refractivity contribution < 1.29 is 4.79 Å². The Morgan fingerprint density at radius 2 is 2.14 bits per heavy atom. The number of aryl methyl sites for hydroxylation is 1. The molecule has 0 bridgehead atoms. The van der Waals surface area contributed by atoms with Crippen LogP contribution in [0.5, 0.6) is 0 Å². The molecule has 7 nitrogen and oxygen atoms in total. The summed E-state index contributed by atoms with van der Waals surface area (Å²) in [5.74, 6) is 0.322. The molecule has 1 amide bonds. The number of nitrogens with zero attached hydrogens (tertiary/aromatic N) is 4. The first-order valence-corrected chi connectivity index (χ1v) is 9.09. The number of amides is 1. The van der Waals surface area contributed by atoms with Crippen LogP contribution in [-0.2, 0) is 4.79 Å². The Hall–Kier alpha value is -1.48. The van der Waals surface area contributed by atoms with Crippen molar-refractivity contribution in [3.8, 4) is 0 Å². The van der Waals surface area contributed by atoms with Gasteiger partial charge in [0.25, 0.3) is 5.56 Å². The monoisotopic (exact) mass is 339 g/mol. The zero-order chi connectivity index (χ0) is 15.5. The Kier molecular flexibility index (Phi) is 4.72. The van der Waals surface area contributed by atoms with Gasteiger partial charge < -0.3 is 5.32 Å². The van der Waals surface area contributed by atoms with Crippen LogP contribution in [0.2, 0.25) is 0 Å². The van der Waals surface area contributed by atoms with Gasteiger partial charge >= 0.3 is 0 Å². The summed E-state index contributed by atoms with van der Waals surface area (Å²) in [6.07, 6.45) is 5.79. The molecule has 0 aliphatic heterocycles. The molecule has 1 aliphatic rings. The van der Waals surface area contributed by atoms with E-state index in [4.69, 9.17) is 0 Å². The van der Waals surface area contributed by atoms with Crippen LogP contribution in [0.15, 0.2) is 9.13 Å². The molecule has 0 saturated heterocycles. The molecule has 0 aromatic carbocycles. The highest BCUT2D eigenvalue weighted by molar-refractivity contribution is 8.01. The molecule has 0 radical (unpaired) electrons. The van der Waals surface area contributed by atoms with Gasteiger partial charge in [0.1, 0.15) is 5.69 Å². The van der Waals surface area contributed by atoms with Crippen molar-refractivity contribution in [1.82, 2.24) is 25.1 Å². The SMILES string of the molecule is Cc1nnc2sc(SCC(=O)NC3CCCCC3)nn2c1=O. The van der Waals surface area contributed by atoms with Gasteiger partial charge in [-0.1, -0.05) is 42.4 Å². The predicted molar refractivity (Wildman–Crippen MR) is 85.4 cm³/mol. The minimum Gasteiger partial charge on any atom is -0.353 e. The number of thioether (sulfide) groups is 1. The maximum atomic E-state index is 12.0. The maximum Gasteiger partial charge on any atom is 0.296 e. The lowest BCUT2D eigenvalue weighted by Crippen LogP contribution is -2.37. The Bertz CT molecular complexity index is 736.